The van der Waals surface area contributed by atoms with Crippen LogP contribution in [0.25, 0.3) is 0 Å². The quantitative estimate of drug-likeness (QED) is 0.690. The molecule has 0 radical (unpaired) electrons. The lowest BCUT2D eigenvalue weighted by molar-refractivity contribution is -0.122. The third-order valence-electron chi connectivity index (χ3n) is 2.83. The molecule has 1 aliphatic heterocycles. The largest absolute Gasteiger partial charge is 0.383 e. The normalized spacial score (nSPS) is 18.8. The molecule has 6 heteroatoms. The van der Waals surface area contributed by atoms with E-state index in [9.17, 15) is 4.79 Å². The second-order valence-electron chi connectivity index (χ2n) is 4.10. The van der Waals surface area contributed by atoms with Crippen LogP contribution in [0.1, 0.15) is 18.2 Å². The first-order valence-electron chi connectivity index (χ1n) is 5.80. The summed E-state index contributed by atoms with van der Waals surface area (Å²) < 4.78 is 6.82. The molecule has 1 atom stereocenters. The Labute approximate surface area is 100 Å². The third-order valence-corrected chi connectivity index (χ3v) is 2.83. The molecule has 17 heavy (non-hydrogen) atoms. The molecule has 1 aromatic rings. The number of hydrogen-bond donors (Lipinski definition) is 2. The molecule has 0 saturated carbocycles. The smallest absolute Gasteiger partial charge is 0.222 e. The number of nitrogens with zero attached hydrogens (tertiary/aromatic N) is 2. The van der Waals surface area contributed by atoms with Crippen molar-refractivity contribution in [3.8, 4) is 0 Å². The predicted molar refractivity (Wildman–Crippen MR) is 62.5 cm³/mol. The van der Waals surface area contributed by atoms with E-state index in [-0.39, 0.29) is 11.9 Å². The zero-order chi connectivity index (χ0) is 12.1. The van der Waals surface area contributed by atoms with E-state index in [1.54, 1.807) is 13.3 Å². The second-order valence-corrected chi connectivity index (χ2v) is 4.10. The van der Waals surface area contributed by atoms with E-state index < -0.39 is 0 Å². The van der Waals surface area contributed by atoms with Crippen LogP contribution >= 0.6 is 0 Å². The van der Waals surface area contributed by atoms with Crippen molar-refractivity contribution in [2.75, 3.05) is 26.8 Å². The van der Waals surface area contributed by atoms with Crippen molar-refractivity contribution in [3.05, 3.63) is 18.0 Å². The highest BCUT2D eigenvalue weighted by Crippen LogP contribution is 2.16. The summed E-state index contributed by atoms with van der Waals surface area (Å²) in [7, 11) is 1.62. The number of nitrogens with one attached hydrogen (secondary N) is 2. The number of methoxy groups -OCH3 is 1. The van der Waals surface area contributed by atoms with Crippen LogP contribution in [0.2, 0.25) is 0 Å². The molecule has 2 heterocycles. The average molecular weight is 238 g/mol. The topological polar surface area (TPSA) is 68.2 Å². The molecule has 0 aromatic carbocycles. The van der Waals surface area contributed by atoms with Crippen LogP contribution in [0.15, 0.2) is 12.3 Å². The molecule has 0 saturated heterocycles. The first-order valence-corrected chi connectivity index (χ1v) is 5.80. The number of hydrogen-bond acceptors (Lipinski definition) is 4. The summed E-state index contributed by atoms with van der Waals surface area (Å²) in [4.78, 5) is 11.7. The highest BCUT2D eigenvalue weighted by molar-refractivity contribution is 5.76. The van der Waals surface area contributed by atoms with E-state index in [1.165, 1.54) is 0 Å². The lowest BCUT2D eigenvalue weighted by Gasteiger charge is -2.25. The zero-order valence-corrected chi connectivity index (χ0v) is 9.98. The van der Waals surface area contributed by atoms with Crippen molar-refractivity contribution in [2.24, 2.45) is 0 Å². The Kier molecular flexibility index (Phi) is 4.11. The van der Waals surface area contributed by atoms with Gasteiger partial charge in [-0.3, -0.25) is 9.48 Å². The van der Waals surface area contributed by atoms with Gasteiger partial charge in [0.05, 0.1) is 24.8 Å². The highest BCUT2D eigenvalue weighted by atomic mass is 16.5. The molecule has 0 bridgehead atoms. The van der Waals surface area contributed by atoms with Gasteiger partial charge in [-0.25, -0.2) is 0 Å². The predicted octanol–water partition coefficient (Wildman–Crippen LogP) is -0.320. The van der Waals surface area contributed by atoms with Crippen molar-refractivity contribution >= 4 is 5.91 Å². The molecular formula is C11H18N4O2. The fourth-order valence-corrected chi connectivity index (χ4v) is 2.00. The van der Waals surface area contributed by atoms with E-state index >= 15 is 0 Å². The van der Waals surface area contributed by atoms with Crippen LogP contribution in [0.3, 0.4) is 0 Å². The molecule has 0 aliphatic carbocycles. The van der Waals surface area contributed by atoms with Gasteiger partial charge in [0.2, 0.25) is 5.91 Å². The molecule has 0 unspecified atom stereocenters. The van der Waals surface area contributed by atoms with Crippen molar-refractivity contribution in [2.45, 2.75) is 19.0 Å². The van der Waals surface area contributed by atoms with Gasteiger partial charge >= 0.3 is 0 Å². The molecule has 1 aliphatic rings. The molecule has 0 fully saturated rings. The van der Waals surface area contributed by atoms with Crippen LogP contribution in [0.5, 0.6) is 0 Å². The minimum absolute atomic E-state index is 0.0391. The number of aromatic nitrogens is 2. The van der Waals surface area contributed by atoms with Crippen LogP contribution < -0.4 is 10.6 Å². The van der Waals surface area contributed by atoms with Gasteiger partial charge in [-0.1, -0.05) is 0 Å². The average Bonchev–Trinajstić information content (AvgIpc) is 2.78. The summed E-state index contributed by atoms with van der Waals surface area (Å²) in [6, 6.07) is 2.08. The van der Waals surface area contributed by atoms with Gasteiger partial charge in [0.1, 0.15) is 0 Å². The number of carbonyl (C=O) groups excluding carboxylic acids is 1. The minimum atomic E-state index is 0.0391. The van der Waals surface area contributed by atoms with Gasteiger partial charge in [-0.2, -0.15) is 5.10 Å². The summed E-state index contributed by atoms with van der Waals surface area (Å²) >= 11 is 0. The maximum atomic E-state index is 11.7. The Bertz CT molecular complexity index is 377. The van der Waals surface area contributed by atoms with E-state index in [1.807, 2.05) is 10.7 Å². The first-order chi connectivity index (χ1) is 8.31. The molecule has 1 aromatic heterocycles. The second kappa shape index (κ2) is 5.79. The number of ether oxygens (including phenoxy) is 1. The number of rotatable bonds is 5. The van der Waals surface area contributed by atoms with Gasteiger partial charge < -0.3 is 15.4 Å². The summed E-state index contributed by atoms with van der Waals surface area (Å²) in [6.45, 7) is 2.71. The molecule has 6 nitrogen and oxygen atoms in total. The maximum absolute atomic E-state index is 11.7. The van der Waals surface area contributed by atoms with E-state index in [2.05, 4.69) is 15.7 Å². The number of fused-ring (bicyclic) bond motifs is 1. The van der Waals surface area contributed by atoms with Gasteiger partial charge in [-0.05, 0) is 6.07 Å². The fourth-order valence-electron chi connectivity index (χ4n) is 2.00. The monoisotopic (exact) mass is 238 g/mol. The summed E-state index contributed by atoms with van der Waals surface area (Å²) in [5.41, 5.74) is 1.13. The Morgan fingerprint density at radius 3 is 3.47 bits per heavy atom. The molecule has 2 rings (SSSR count). The summed E-state index contributed by atoms with van der Waals surface area (Å²) in [5.74, 6) is 0.0391. The van der Waals surface area contributed by atoms with Gasteiger partial charge in [0, 0.05) is 32.9 Å². The van der Waals surface area contributed by atoms with E-state index in [0.29, 0.717) is 19.6 Å². The Balaban J connectivity index is 1.86. The highest BCUT2D eigenvalue weighted by Gasteiger charge is 2.21. The van der Waals surface area contributed by atoms with Gasteiger partial charge in [-0.15, -0.1) is 0 Å². The van der Waals surface area contributed by atoms with Crippen molar-refractivity contribution in [1.29, 1.82) is 0 Å². The summed E-state index contributed by atoms with van der Waals surface area (Å²) in [6.07, 6.45) is 2.23. The van der Waals surface area contributed by atoms with Crippen molar-refractivity contribution in [1.82, 2.24) is 20.4 Å². The fraction of sp³-hybridized carbons (Fsp3) is 0.636. The Hall–Kier alpha value is -1.40. The van der Waals surface area contributed by atoms with E-state index in [4.69, 9.17) is 4.74 Å². The number of amides is 1. The maximum Gasteiger partial charge on any atom is 0.222 e. The number of carbonyl (C=O) groups is 1. The lowest BCUT2D eigenvalue weighted by atomic mass is 10.1. The zero-order valence-electron chi connectivity index (χ0n) is 9.98. The Morgan fingerprint density at radius 1 is 1.76 bits per heavy atom. The third kappa shape index (κ3) is 3.04. The van der Waals surface area contributed by atoms with Crippen LogP contribution in [-0.4, -0.2) is 42.5 Å². The van der Waals surface area contributed by atoms with Crippen LogP contribution in [0, 0.1) is 0 Å². The molecule has 94 valence electrons. The Morgan fingerprint density at radius 2 is 2.65 bits per heavy atom. The SMILES string of the molecule is COCCNC(=O)C[C@@H]1CNCc2ccnn21. The molecular weight excluding hydrogens is 220 g/mol. The van der Waals surface area contributed by atoms with Crippen molar-refractivity contribution < 1.29 is 9.53 Å². The van der Waals surface area contributed by atoms with Crippen molar-refractivity contribution in [3.63, 3.8) is 0 Å². The van der Waals surface area contributed by atoms with Gasteiger partial charge in [0.25, 0.3) is 0 Å². The van der Waals surface area contributed by atoms with E-state index in [0.717, 1.165) is 18.8 Å². The van der Waals surface area contributed by atoms with Crippen LogP contribution in [0.4, 0.5) is 0 Å². The lowest BCUT2D eigenvalue weighted by Crippen LogP contribution is -2.37. The molecule has 2 N–H and O–H groups in total. The standard InChI is InChI=1S/C11H18N4O2/c1-17-5-4-13-11(16)6-10-8-12-7-9-2-3-14-15(9)10/h2-3,10,12H,4-8H2,1H3,(H,13,16)/t10-/m1/s1. The molecule has 1 amide bonds. The minimum Gasteiger partial charge on any atom is -0.383 e. The summed E-state index contributed by atoms with van der Waals surface area (Å²) in [5, 5.41) is 10.4. The first kappa shape index (κ1) is 12.1. The van der Waals surface area contributed by atoms with Crippen LogP contribution in [-0.2, 0) is 16.1 Å². The van der Waals surface area contributed by atoms with Gasteiger partial charge in [0.15, 0.2) is 0 Å². The molecule has 0 spiro atoms.